The molecule has 266 valence electrons. The Hall–Kier alpha value is -5.75. The smallest absolute Gasteiger partial charge is 0.335 e. The van der Waals surface area contributed by atoms with Crippen LogP contribution in [-0.4, -0.2) is 51.5 Å². The van der Waals surface area contributed by atoms with Crippen molar-refractivity contribution < 1.29 is 36.7 Å². The number of hydrogen-bond donors (Lipinski definition) is 4. The molecule has 14 nitrogen and oxygen atoms in total. The number of amides is 2. The van der Waals surface area contributed by atoms with Gasteiger partial charge in [-0.3, -0.25) is 28.7 Å². The SMILES string of the molecule is Cn1c(=O)n(-c2ccc(C[C@H](NC(=O)c3cc(F)c(NS(=O)(=O)c4ccc(NC(=O)C(C)(C)C)s4)cc3F)C(=O)O)cc2)c(=O)c2ccncc21. The molecule has 3 aromatic heterocycles. The first-order valence-corrected chi connectivity index (χ1v) is 17.3. The van der Waals surface area contributed by atoms with Crippen molar-refractivity contribution in [2.24, 2.45) is 12.5 Å². The average Bonchev–Trinajstić information content (AvgIpc) is 3.55. The summed E-state index contributed by atoms with van der Waals surface area (Å²) in [4.78, 5) is 67.1. The number of carboxylic acid groups (broad SMARTS) is 1. The van der Waals surface area contributed by atoms with Crippen molar-refractivity contribution in [3.63, 3.8) is 0 Å². The van der Waals surface area contributed by atoms with Crippen LogP contribution in [0.4, 0.5) is 19.5 Å². The third-order valence-corrected chi connectivity index (χ3v) is 10.5. The second-order valence-corrected chi connectivity index (χ2v) is 15.3. The fourth-order valence-electron chi connectivity index (χ4n) is 4.80. The largest absolute Gasteiger partial charge is 0.480 e. The fraction of sp³-hybridized carbons (Fsp3) is 0.212. The van der Waals surface area contributed by atoms with Crippen LogP contribution in [0.5, 0.6) is 0 Å². The van der Waals surface area contributed by atoms with Crippen LogP contribution >= 0.6 is 11.3 Å². The predicted octanol–water partition coefficient (Wildman–Crippen LogP) is 3.64. The quantitative estimate of drug-likeness (QED) is 0.165. The number of sulfonamides is 1. The van der Waals surface area contributed by atoms with Gasteiger partial charge in [0.05, 0.1) is 39.0 Å². The van der Waals surface area contributed by atoms with Gasteiger partial charge in [0.1, 0.15) is 21.9 Å². The number of carbonyl (C=O) groups is 3. The van der Waals surface area contributed by atoms with Crippen LogP contribution in [0.25, 0.3) is 16.6 Å². The lowest BCUT2D eigenvalue weighted by molar-refractivity contribution is -0.139. The summed E-state index contributed by atoms with van der Waals surface area (Å²) >= 11 is 0.683. The minimum absolute atomic E-state index is 0.194. The van der Waals surface area contributed by atoms with Gasteiger partial charge in [0.15, 0.2) is 0 Å². The maximum absolute atomic E-state index is 15.1. The number of anilines is 2. The molecule has 0 saturated carbocycles. The lowest BCUT2D eigenvalue weighted by atomic mass is 9.96. The molecule has 2 amide bonds. The molecule has 2 aromatic carbocycles. The minimum Gasteiger partial charge on any atom is -0.480 e. The summed E-state index contributed by atoms with van der Waals surface area (Å²) in [7, 11) is -2.96. The molecule has 0 saturated heterocycles. The number of pyridine rings is 1. The second kappa shape index (κ2) is 13.9. The van der Waals surface area contributed by atoms with Gasteiger partial charge in [0, 0.05) is 31.1 Å². The first kappa shape index (κ1) is 36.5. The number of halogens is 2. The van der Waals surface area contributed by atoms with Crippen molar-refractivity contribution in [3.8, 4) is 5.69 Å². The molecule has 18 heteroatoms. The maximum atomic E-state index is 15.1. The number of benzene rings is 2. The highest BCUT2D eigenvalue weighted by atomic mass is 32.2. The van der Waals surface area contributed by atoms with Crippen LogP contribution in [0.3, 0.4) is 0 Å². The predicted molar refractivity (Wildman–Crippen MR) is 185 cm³/mol. The van der Waals surface area contributed by atoms with Gasteiger partial charge in [-0.05, 0) is 42.0 Å². The van der Waals surface area contributed by atoms with E-state index in [1.807, 2.05) is 4.72 Å². The molecule has 0 bridgehead atoms. The molecule has 0 spiro atoms. The topological polar surface area (TPSA) is 199 Å². The molecule has 51 heavy (non-hydrogen) atoms. The van der Waals surface area contributed by atoms with Crippen molar-refractivity contribution in [1.82, 2.24) is 19.4 Å². The number of rotatable bonds is 10. The summed E-state index contributed by atoms with van der Waals surface area (Å²) in [6.45, 7) is 5.00. The highest BCUT2D eigenvalue weighted by Gasteiger charge is 2.27. The number of carboxylic acids is 1. The van der Waals surface area contributed by atoms with Gasteiger partial charge in [0.25, 0.3) is 21.5 Å². The Labute approximate surface area is 292 Å². The van der Waals surface area contributed by atoms with E-state index in [1.165, 1.54) is 66.5 Å². The van der Waals surface area contributed by atoms with Crippen LogP contribution in [0, 0.1) is 17.0 Å². The Morgan fingerprint density at radius 3 is 2.33 bits per heavy atom. The van der Waals surface area contributed by atoms with Crippen LogP contribution in [0.15, 0.2) is 80.8 Å². The zero-order valence-electron chi connectivity index (χ0n) is 27.4. The Bertz CT molecular complexity index is 2430. The highest BCUT2D eigenvalue weighted by Crippen LogP contribution is 2.30. The zero-order valence-corrected chi connectivity index (χ0v) is 29.0. The van der Waals surface area contributed by atoms with Gasteiger partial charge in [0.2, 0.25) is 5.91 Å². The van der Waals surface area contributed by atoms with E-state index >= 15 is 8.78 Å². The van der Waals surface area contributed by atoms with Crippen molar-refractivity contribution in [1.29, 1.82) is 0 Å². The molecule has 0 radical (unpaired) electrons. The molecule has 0 aliphatic heterocycles. The summed E-state index contributed by atoms with van der Waals surface area (Å²) in [6.07, 6.45) is 2.48. The molecule has 0 unspecified atom stereocenters. The van der Waals surface area contributed by atoms with Gasteiger partial charge >= 0.3 is 11.7 Å². The number of thiophene rings is 1. The van der Waals surface area contributed by atoms with E-state index in [0.717, 1.165) is 4.57 Å². The average molecular weight is 741 g/mol. The number of nitrogens with zero attached hydrogens (tertiary/aromatic N) is 3. The molecule has 0 fully saturated rings. The Balaban J connectivity index is 1.30. The van der Waals surface area contributed by atoms with E-state index < -0.39 is 67.5 Å². The summed E-state index contributed by atoms with van der Waals surface area (Å²) in [6, 6.07) is 8.95. The maximum Gasteiger partial charge on any atom is 0.335 e. The summed E-state index contributed by atoms with van der Waals surface area (Å²) in [5.41, 5.74) is -2.80. The second-order valence-electron chi connectivity index (χ2n) is 12.4. The molecule has 0 aliphatic carbocycles. The van der Waals surface area contributed by atoms with Crippen LogP contribution < -0.4 is 26.6 Å². The first-order valence-electron chi connectivity index (χ1n) is 15.0. The van der Waals surface area contributed by atoms with E-state index in [4.69, 9.17) is 0 Å². The molecule has 0 aliphatic rings. The van der Waals surface area contributed by atoms with E-state index in [2.05, 4.69) is 15.6 Å². The van der Waals surface area contributed by atoms with Gasteiger partial charge in [-0.2, -0.15) is 0 Å². The Kier molecular flexibility index (Phi) is 9.93. The molecule has 1 atom stereocenters. The van der Waals surface area contributed by atoms with Crippen molar-refractivity contribution in [2.75, 3.05) is 10.0 Å². The summed E-state index contributed by atoms with van der Waals surface area (Å²) in [5.74, 6) is -5.82. The lowest BCUT2D eigenvalue weighted by Gasteiger charge is -2.16. The van der Waals surface area contributed by atoms with E-state index in [0.29, 0.717) is 34.5 Å². The number of nitrogens with one attached hydrogen (secondary N) is 3. The molecule has 4 N–H and O–H groups in total. The van der Waals surface area contributed by atoms with Crippen molar-refractivity contribution >= 4 is 60.7 Å². The lowest BCUT2D eigenvalue weighted by Crippen LogP contribution is -2.42. The Morgan fingerprint density at radius 1 is 1.00 bits per heavy atom. The fourth-order valence-corrected chi connectivity index (χ4v) is 7.06. The Morgan fingerprint density at radius 2 is 1.69 bits per heavy atom. The number of aryl methyl sites for hydroxylation is 1. The highest BCUT2D eigenvalue weighted by molar-refractivity contribution is 7.94. The normalized spacial score (nSPS) is 12.4. The molecular formula is C33H30F2N6O8S2. The van der Waals surface area contributed by atoms with Crippen LogP contribution in [-0.2, 0) is 33.1 Å². The van der Waals surface area contributed by atoms with Gasteiger partial charge in [-0.25, -0.2) is 31.4 Å². The van der Waals surface area contributed by atoms with E-state index in [9.17, 15) is 37.5 Å². The minimum atomic E-state index is -4.45. The number of aliphatic carboxylic acids is 1. The summed E-state index contributed by atoms with van der Waals surface area (Å²) in [5, 5.41) is 15.0. The first-order chi connectivity index (χ1) is 23.9. The number of hydrogen-bond acceptors (Lipinski definition) is 9. The molecule has 5 rings (SSSR count). The third-order valence-electron chi connectivity index (χ3n) is 7.62. The summed E-state index contributed by atoms with van der Waals surface area (Å²) < 4.78 is 59.7. The van der Waals surface area contributed by atoms with Crippen molar-refractivity contribution in [3.05, 3.63) is 111 Å². The monoisotopic (exact) mass is 740 g/mol. The van der Waals surface area contributed by atoms with E-state index in [-0.39, 0.29) is 32.6 Å². The standard InChI is InChI=1S/C33H30F2N6O8S2/c1-33(2,3)31(46)38-26-9-10-27(50-26)51(48,49)39-23-15-21(34)20(14-22(23)35)28(42)37-24(30(44)45)13-17-5-7-18(8-6-17)41-29(43)19-11-12-36-16-25(19)40(4)32(41)47/h5-12,14-16,24,39H,13H2,1-4H3,(H,37,42)(H,38,46)(H,44,45)/t24-/m0/s1. The van der Waals surface area contributed by atoms with Gasteiger partial charge in [-0.15, -0.1) is 11.3 Å². The van der Waals surface area contributed by atoms with Gasteiger partial charge in [-0.1, -0.05) is 32.9 Å². The van der Waals surface area contributed by atoms with Crippen LogP contribution in [0.2, 0.25) is 0 Å². The molecule has 3 heterocycles. The molecular weight excluding hydrogens is 711 g/mol. The third kappa shape index (κ3) is 7.71. The van der Waals surface area contributed by atoms with E-state index in [1.54, 1.807) is 20.8 Å². The van der Waals surface area contributed by atoms with Gasteiger partial charge < -0.3 is 15.7 Å². The number of aromatic nitrogens is 3. The van der Waals surface area contributed by atoms with Crippen LogP contribution in [0.1, 0.15) is 36.7 Å². The zero-order chi connectivity index (χ0) is 37.4. The number of carbonyl (C=O) groups excluding carboxylic acids is 2. The molecule has 5 aromatic rings. The number of fused-ring (bicyclic) bond motifs is 1. The van der Waals surface area contributed by atoms with Crippen molar-refractivity contribution in [2.45, 2.75) is 37.4 Å².